The highest BCUT2D eigenvalue weighted by Crippen LogP contribution is 2.32. The van der Waals surface area contributed by atoms with Crippen LogP contribution in [0.25, 0.3) is 0 Å². The monoisotopic (exact) mass is 350 g/mol. The number of imidazole rings is 1. The molecule has 140 valence electrons. The van der Waals surface area contributed by atoms with Crippen molar-refractivity contribution in [3.8, 4) is 0 Å². The first-order valence-electron chi connectivity index (χ1n) is 9.70. The average Bonchev–Trinajstić information content (AvgIpc) is 2.97. The molecule has 1 atom stereocenters. The highest BCUT2D eigenvalue weighted by Gasteiger charge is 2.34. The van der Waals surface area contributed by atoms with Gasteiger partial charge in [-0.25, -0.2) is 4.57 Å². The molecule has 1 heterocycles. The standard InChI is InChI=1S/C18H30N4O3/c1-14-12-20(18(19-14)22(24)25)13-17(23)21(15-8-4-2-5-9-15)16-10-6-3-7-11-16/h12,15-17,23H,2-11,13H2,1H3. The van der Waals surface area contributed by atoms with Crippen LogP contribution in [-0.2, 0) is 6.54 Å². The SMILES string of the molecule is Cc1cn(CC(O)N(C2CCCCC2)C2CCCCC2)c([N+](=O)[O-])n1. The van der Waals surface area contributed by atoms with Crippen LogP contribution in [0.1, 0.15) is 69.9 Å². The van der Waals surface area contributed by atoms with Gasteiger partial charge in [-0.15, -0.1) is 0 Å². The normalized spacial score (nSPS) is 21.6. The topological polar surface area (TPSA) is 84.4 Å². The largest absolute Gasteiger partial charge is 0.434 e. The third kappa shape index (κ3) is 4.39. The van der Waals surface area contributed by atoms with Crippen LogP contribution in [0.3, 0.4) is 0 Å². The Labute approximate surface area is 149 Å². The number of hydrogen-bond acceptors (Lipinski definition) is 5. The van der Waals surface area contributed by atoms with Crippen molar-refractivity contribution in [2.75, 3.05) is 0 Å². The van der Waals surface area contributed by atoms with Gasteiger partial charge in [0.1, 0.15) is 24.7 Å². The molecule has 2 fully saturated rings. The third-order valence-electron chi connectivity index (χ3n) is 5.74. The minimum atomic E-state index is -0.696. The fourth-order valence-electron chi connectivity index (χ4n) is 4.63. The summed E-state index contributed by atoms with van der Waals surface area (Å²) in [5, 5.41) is 22.3. The fourth-order valence-corrected chi connectivity index (χ4v) is 4.63. The van der Waals surface area contributed by atoms with E-state index in [9.17, 15) is 15.2 Å². The van der Waals surface area contributed by atoms with E-state index in [-0.39, 0.29) is 12.5 Å². The summed E-state index contributed by atoms with van der Waals surface area (Å²) < 4.78 is 1.50. The number of nitrogens with zero attached hydrogens (tertiary/aromatic N) is 4. The summed E-state index contributed by atoms with van der Waals surface area (Å²) in [6, 6.07) is 0.797. The van der Waals surface area contributed by atoms with Crippen molar-refractivity contribution in [2.45, 2.75) is 96.0 Å². The zero-order valence-electron chi connectivity index (χ0n) is 15.1. The van der Waals surface area contributed by atoms with Crippen LogP contribution in [0.15, 0.2) is 6.20 Å². The van der Waals surface area contributed by atoms with Gasteiger partial charge >= 0.3 is 5.95 Å². The van der Waals surface area contributed by atoms with Crippen molar-refractivity contribution in [3.05, 3.63) is 22.0 Å². The maximum absolute atomic E-state index is 11.2. The maximum Gasteiger partial charge on any atom is 0.434 e. The van der Waals surface area contributed by atoms with Crippen molar-refractivity contribution >= 4 is 5.95 Å². The molecule has 2 saturated carbocycles. The second-order valence-electron chi connectivity index (χ2n) is 7.60. The molecule has 0 spiro atoms. The summed E-state index contributed by atoms with van der Waals surface area (Å²) in [4.78, 5) is 17.0. The van der Waals surface area contributed by atoms with E-state index in [1.807, 2.05) is 0 Å². The van der Waals surface area contributed by atoms with Gasteiger partial charge in [0, 0.05) is 12.1 Å². The van der Waals surface area contributed by atoms with Gasteiger partial charge < -0.3 is 15.2 Å². The maximum atomic E-state index is 11.2. The third-order valence-corrected chi connectivity index (χ3v) is 5.74. The number of hydrogen-bond donors (Lipinski definition) is 1. The van der Waals surface area contributed by atoms with Crippen LogP contribution in [0, 0.1) is 17.0 Å². The summed E-state index contributed by atoms with van der Waals surface area (Å²) in [6.07, 6.45) is 12.9. The zero-order chi connectivity index (χ0) is 17.8. The van der Waals surface area contributed by atoms with Crippen molar-refractivity contribution in [3.63, 3.8) is 0 Å². The molecule has 7 heteroatoms. The van der Waals surface area contributed by atoms with Crippen molar-refractivity contribution in [1.82, 2.24) is 14.5 Å². The molecule has 1 unspecified atom stereocenters. The van der Waals surface area contributed by atoms with E-state index < -0.39 is 11.2 Å². The Morgan fingerprint density at radius 1 is 1.20 bits per heavy atom. The minimum Gasteiger partial charge on any atom is -0.390 e. The molecule has 3 rings (SSSR count). The van der Waals surface area contributed by atoms with E-state index >= 15 is 0 Å². The van der Waals surface area contributed by atoms with Crippen LogP contribution in [0.2, 0.25) is 0 Å². The first kappa shape index (κ1) is 18.3. The van der Waals surface area contributed by atoms with Gasteiger partial charge in [0.15, 0.2) is 0 Å². The predicted molar refractivity (Wildman–Crippen MR) is 95.2 cm³/mol. The molecule has 1 aromatic heterocycles. The molecule has 0 aromatic carbocycles. The van der Waals surface area contributed by atoms with Gasteiger partial charge in [-0.05, 0) is 37.5 Å². The molecule has 1 aromatic rings. The van der Waals surface area contributed by atoms with Gasteiger partial charge in [0.2, 0.25) is 0 Å². The minimum absolute atomic E-state index is 0.177. The van der Waals surface area contributed by atoms with E-state index in [1.54, 1.807) is 13.1 Å². The van der Waals surface area contributed by atoms with E-state index in [0.29, 0.717) is 17.8 Å². The number of aryl methyl sites for hydroxylation is 1. The van der Waals surface area contributed by atoms with Gasteiger partial charge in [-0.1, -0.05) is 43.5 Å². The molecule has 0 aliphatic heterocycles. The van der Waals surface area contributed by atoms with E-state index in [4.69, 9.17) is 0 Å². The Morgan fingerprint density at radius 3 is 2.20 bits per heavy atom. The lowest BCUT2D eigenvalue weighted by atomic mass is 9.88. The van der Waals surface area contributed by atoms with Crippen molar-refractivity contribution < 1.29 is 10.0 Å². The summed E-state index contributed by atoms with van der Waals surface area (Å²) in [5.41, 5.74) is 0.612. The Bertz CT molecular complexity index is 559. The Hall–Kier alpha value is -1.47. The fraction of sp³-hybridized carbons (Fsp3) is 0.833. The van der Waals surface area contributed by atoms with Crippen LogP contribution < -0.4 is 0 Å². The van der Waals surface area contributed by atoms with Gasteiger partial charge in [0.05, 0.1) is 0 Å². The van der Waals surface area contributed by atoms with Crippen LogP contribution in [-0.4, -0.2) is 42.8 Å². The number of nitro groups is 1. The van der Waals surface area contributed by atoms with E-state index in [2.05, 4.69) is 9.88 Å². The Kier molecular flexibility index (Phi) is 6.06. The average molecular weight is 350 g/mol. The van der Waals surface area contributed by atoms with Crippen molar-refractivity contribution in [1.29, 1.82) is 0 Å². The molecular weight excluding hydrogens is 320 g/mol. The second-order valence-corrected chi connectivity index (χ2v) is 7.60. The van der Waals surface area contributed by atoms with Crippen LogP contribution in [0.4, 0.5) is 5.95 Å². The molecule has 1 N–H and O–H groups in total. The highest BCUT2D eigenvalue weighted by atomic mass is 16.6. The van der Waals surface area contributed by atoms with E-state index in [1.165, 1.54) is 43.1 Å². The number of rotatable bonds is 6. The second kappa shape index (κ2) is 8.27. The molecule has 2 aliphatic carbocycles. The smallest absolute Gasteiger partial charge is 0.390 e. The van der Waals surface area contributed by atoms with Gasteiger partial charge in [-0.3, -0.25) is 4.90 Å². The summed E-state index contributed by atoms with van der Waals surface area (Å²) >= 11 is 0. The first-order chi connectivity index (χ1) is 12.1. The number of aliphatic hydroxyl groups excluding tert-OH is 1. The first-order valence-corrected chi connectivity index (χ1v) is 9.70. The van der Waals surface area contributed by atoms with Crippen LogP contribution in [0.5, 0.6) is 0 Å². The molecule has 25 heavy (non-hydrogen) atoms. The van der Waals surface area contributed by atoms with Gasteiger partial charge in [0.25, 0.3) is 0 Å². The van der Waals surface area contributed by atoms with Crippen molar-refractivity contribution in [2.24, 2.45) is 0 Å². The molecule has 0 saturated heterocycles. The quantitative estimate of drug-likeness (QED) is 0.483. The highest BCUT2D eigenvalue weighted by molar-refractivity contribution is 5.13. The van der Waals surface area contributed by atoms with Gasteiger partial charge in [-0.2, -0.15) is 0 Å². The summed E-state index contributed by atoms with van der Waals surface area (Å²) in [7, 11) is 0. The predicted octanol–water partition coefficient (Wildman–Crippen LogP) is 3.39. The molecule has 0 radical (unpaired) electrons. The molecule has 7 nitrogen and oxygen atoms in total. The zero-order valence-corrected chi connectivity index (χ0v) is 15.1. The Balaban J connectivity index is 1.78. The lowest BCUT2D eigenvalue weighted by molar-refractivity contribution is -0.397. The van der Waals surface area contributed by atoms with E-state index in [0.717, 1.165) is 25.7 Å². The lowest BCUT2D eigenvalue weighted by Gasteiger charge is -2.44. The molecule has 2 aliphatic rings. The summed E-state index contributed by atoms with van der Waals surface area (Å²) in [5.74, 6) is -0.177. The molecular formula is C18H30N4O3. The van der Waals surface area contributed by atoms with Crippen LogP contribution >= 0.6 is 0 Å². The lowest BCUT2D eigenvalue weighted by Crippen LogP contribution is -2.52. The number of aromatic nitrogens is 2. The Morgan fingerprint density at radius 2 is 1.72 bits per heavy atom. The summed E-state index contributed by atoms with van der Waals surface area (Å²) in [6.45, 7) is 1.96. The molecule has 0 bridgehead atoms. The number of aliphatic hydroxyl groups is 1. The molecule has 0 amide bonds.